The Morgan fingerprint density at radius 1 is 1.36 bits per heavy atom. The van der Waals surface area contributed by atoms with Crippen molar-refractivity contribution in [2.75, 3.05) is 7.11 Å². The van der Waals surface area contributed by atoms with Crippen LogP contribution in [0.5, 0.6) is 5.75 Å². The average molecular weight is 256 g/mol. The number of halogens is 3. The highest BCUT2D eigenvalue weighted by Gasteiger charge is 2.16. The first-order chi connectivity index (χ1) is 6.56. The Kier molecular flexibility index (Phi) is 4.32. The SMILES string of the molecule is COc1cc(C(O)C(Cl)Cl)ccc1Cl. The first kappa shape index (κ1) is 11.9. The number of benzene rings is 1. The van der Waals surface area contributed by atoms with Crippen LogP contribution in [-0.4, -0.2) is 17.1 Å². The molecular formula is C9H9Cl3O2. The largest absolute Gasteiger partial charge is 0.495 e. The highest BCUT2D eigenvalue weighted by Crippen LogP contribution is 2.31. The maximum atomic E-state index is 9.55. The molecule has 1 unspecified atom stereocenters. The number of methoxy groups -OCH3 is 1. The van der Waals surface area contributed by atoms with Crippen molar-refractivity contribution in [2.24, 2.45) is 0 Å². The molecular weight excluding hydrogens is 246 g/mol. The highest BCUT2D eigenvalue weighted by atomic mass is 35.5. The molecule has 0 aliphatic carbocycles. The van der Waals surface area contributed by atoms with E-state index >= 15 is 0 Å². The van der Waals surface area contributed by atoms with Gasteiger partial charge in [-0.3, -0.25) is 0 Å². The first-order valence-corrected chi connectivity index (χ1v) is 5.11. The maximum Gasteiger partial charge on any atom is 0.137 e. The summed E-state index contributed by atoms with van der Waals surface area (Å²) < 4.78 is 4.99. The summed E-state index contributed by atoms with van der Waals surface area (Å²) in [6, 6.07) is 4.87. The minimum Gasteiger partial charge on any atom is -0.495 e. The topological polar surface area (TPSA) is 29.5 Å². The fraction of sp³-hybridized carbons (Fsp3) is 0.333. The summed E-state index contributed by atoms with van der Waals surface area (Å²) in [6.45, 7) is 0. The molecule has 2 nitrogen and oxygen atoms in total. The molecule has 0 spiro atoms. The standard InChI is InChI=1S/C9H9Cl3O2/c1-14-7-4-5(2-3-6(7)10)8(13)9(11)12/h2-4,8-9,13H,1H3. The van der Waals surface area contributed by atoms with Crippen molar-refractivity contribution < 1.29 is 9.84 Å². The lowest BCUT2D eigenvalue weighted by Crippen LogP contribution is -2.05. The molecule has 1 atom stereocenters. The van der Waals surface area contributed by atoms with Gasteiger partial charge in [-0.1, -0.05) is 17.7 Å². The molecule has 0 aliphatic heterocycles. The van der Waals surface area contributed by atoms with Crippen LogP contribution in [0.15, 0.2) is 18.2 Å². The van der Waals surface area contributed by atoms with Crippen molar-refractivity contribution in [2.45, 2.75) is 10.9 Å². The van der Waals surface area contributed by atoms with Gasteiger partial charge in [-0.15, -0.1) is 23.2 Å². The lowest BCUT2D eigenvalue weighted by atomic mass is 10.1. The van der Waals surface area contributed by atoms with Gasteiger partial charge in [-0.2, -0.15) is 0 Å². The van der Waals surface area contributed by atoms with Crippen LogP contribution in [0.1, 0.15) is 11.7 Å². The van der Waals surface area contributed by atoms with Gasteiger partial charge in [0, 0.05) is 0 Å². The third-order valence-corrected chi connectivity index (χ3v) is 2.54. The van der Waals surface area contributed by atoms with Gasteiger partial charge in [0.1, 0.15) is 16.7 Å². The predicted octanol–water partition coefficient (Wildman–Crippen LogP) is 3.19. The quantitative estimate of drug-likeness (QED) is 0.841. The summed E-state index contributed by atoms with van der Waals surface area (Å²) in [4.78, 5) is -0.874. The van der Waals surface area contributed by atoms with Crippen molar-refractivity contribution in [1.29, 1.82) is 0 Å². The third kappa shape index (κ3) is 2.67. The van der Waals surface area contributed by atoms with Crippen LogP contribution in [0.25, 0.3) is 0 Å². The van der Waals surface area contributed by atoms with Crippen molar-refractivity contribution in [3.05, 3.63) is 28.8 Å². The number of hydrogen-bond donors (Lipinski definition) is 1. The van der Waals surface area contributed by atoms with E-state index in [0.717, 1.165) is 0 Å². The Balaban J connectivity index is 3.00. The molecule has 0 saturated carbocycles. The zero-order valence-electron chi connectivity index (χ0n) is 7.38. The molecule has 0 aromatic heterocycles. The second-order valence-corrected chi connectivity index (χ2v) is 4.24. The van der Waals surface area contributed by atoms with Crippen LogP contribution in [0.4, 0.5) is 0 Å². The Morgan fingerprint density at radius 2 is 2.00 bits per heavy atom. The lowest BCUT2D eigenvalue weighted by molar-refractivity contribution is 0.192. The molecule has 1 N–H and O–H groups in total. The zero-order chi connectivity index (χ0) is 10.7. The van der Waals surface area contributed by atoms with Gasteiger partial charge in [0.15, 0.2) is 0 Å². The summed E-state index contributed by atoms with van der Waals surface area (Å²) in [7, 11) is 1.50. The fourth-order valence-electron chi connectivity index (χ4n) is 1.01. The van der Waals surface area contributed by atoms with E-state index in [2.05, 4.69) is 0 Å². The van der Waals surface area contributed by atoms with Crippen LogP contribution in [0, 0.1) is 0 Å². The second-order valence-electron chi connectivity index (χ2n) is 2.67. The summed E-state index contributed by atoms with van der Waals surface area (Å²) in [6.07, 6.45) is -0.940. The van der Waals surface area contributed by atoms with E-state index in [9.17, 15) is 5.11 Å². The first-order valence-electron chi connectivity index (χ1n) is 3.86. The molecule has 1 rings (SSSR count). The van der Waals surface area contributed by atoms with Gasteiger partial charge in [-0.25, -0.2) is 0 Å². The molecule has 0 amide bonds. The number of ether oxygens (including phenoxy) is 1. The van der Waals surface area contributed by atoms with Crippen LogP contribution in [0.2, 0.25) is 5.02 Å². The molecule has 0 bridgehead atoms. The van der Waals surface area contributed by atoms with Crippen LogP contribution in [-0.2, 0) is 0 Å². The van der Waals surface area contributed by atoms with E-state index in [-0.39, 0.29) is 0 Å². The normalized spacial score (nSPS) is 13.0. The third-order valence-electron chi connectivity index (χ3n) is 1.76. The molecule has 0 aliphatic rings. The maximum absolute atomic E-state index is 9.55. The summed E-state index contributed by atoms with van der Waals surface area (Å²) >= 11 is 16.9. The number of hydrogen-bond acceptors (Lipinski definition) is 2. The van der Waals surface area contributed by atoms with Gasteiger partial charge in [0.05, 0.1) is 12.1 Å². The van der Waals surface area contributed by atoms with E-state index in [1.54, 1.807) is 18.2 Å². The Bertz CT molecular complexity index is 315. The van der Waals surface area contributed by atoms with E-state index < -0.39 is 10.9 Å². The monoisotopic (exact) mass is 254 g/mol. The predicted molar refractivity (Wildman–Crippen MR) is 58.5 cm³/mol. The minimum atomic E-state index is -0.940. The summed E-state index contributed by atoms with van der Waals surface area (Å²) in [5.74, 6) is 0.484. The molecule has 0 saturated heterocycles. The van der Waals surface area contributed by atoms with Crippen molar-refractivity contribution in [1.82, 2.24) is 0 Å². The molecule has 78 valence electrons. The zero-order valence-corrected chi connectivity index (χ0v) is 9.64. The molecule has 14 heavy (non-hydrogen) atoms. The van der Waals surface area contributed by atoms with Crippen molar-refractivity contribution >= 4 is 34.8 Å². The fourth-order valence-corrected chi connectivity index (χ4v) is 1.49. The van der Waals surface area contributed by atoms with E-state index in [1.165, 1.54) is 7.11 Å². The summed E-state index contributed by atoms with van der Waals surface area (Å²) in [5, 5.41) is 10.0. The number of aliphatic hydroxyl groups excluding tert-OH is 1. The van der Waals surface area contributed by atoms with Gasteiger partial charge in [0.25, 0.3) is 0 Å². The van der Waals surface area contributed by atoms with Gasteiger partial charge in [-0.05, 0) is 17.7 Å². The van der Waals surface area contributed by atoms with Crippen LogP contribution in [0.3, 0.4) is 0 Å². The molecule has 0 heterocycles. The van der Waals surface area contributed by atoms with Crippen molar-refractivity contribution in [3.63, 3.8) is 0 Å². The van der Waals surface area contributed by atoms with Crippen molar-refractivity contribution in [3.8, 4) is 5.75 Å². The van der Waals surface area contributed by atoms with Crippen LogP contribution >= 0.6 is 34.8 Å². The molecule has 0 radical (unpaired) electrons. The van der Waals surface area contributed by atoms with E-state index in [1.807, 2.05) is 0 Å². The second kappa shape index (κ2) is 5.08. The van der Waals surface area contributed by atoms with E-state index in [0.29, 0.717) is 16.3 Å². The van der Waals surface area contributed by atoms with Gasteiger partial charge < -0.3 is 9.84 Å². The molecule has 0 fully saturated rings. The van der Waals surface area contributed by atoms with E-state index in [4.69, 9.17) is 39.5 Å². The molecule has 1 aromatic rings. The Hall–Kier alpha value is -0.150. The van der Waals surface area contributed by atoms with Gasteiger partial charge >= 0.3 is 0 Å². The minimum absolute atomic E-state index is 0.476. The van der Waals surface area contributed by atoms with Gasteiger partial charge in [0.2, 0.25) is 0 Å². The number of rotatable bonds is 3. The summed E-state index contributed by atoms with van der Waals surface area (Å²) in [5.41, 5.74) is 0.571. The lowest BCUT2D eigenvalue weighted by Gasteiger charge is -2.13. The smallest absolute Gasteiger partial charge is 0.137 e. The molecule has 5 heteroatoms. The molecule has 1 aromatic carbocycles. The Labute approximate surface area is 97.3 Å². The number of alkyl halides is 2. The number of aliphatic hydroxyl groups is 1. The average Bonchev–Trinajstić information content (AvgIpc) is 2.17. The Morgan fingerprint density at radius 3 is 2.50 bits per heavy atom. The van der Waals surface area contributed by atoms with Crippen LogP contribution < -0.4 is 4.74 Å². The highest BCUT2D eigenvalue weighted by molar-refractivity contribution is 6.44.